The van der Waals surface area contributed by atoms with E-state index >= 15 is 0 Å². The molecule has 1 saturated heterocycles. The van der Waals surface area contributed by atoms with Crippen LogP contribution in [0.3, 0.4) is 0 Å². The normalized spacial score (nSPS) is 18.2. The van der Waals surface area contributed by atoms with Gasteiger partial charge in [0.15, 0.2) is 9.84 Å². The highest BCUT2D eigenvalue weighted by molar-refractivity contribution is 7.91. The molecule has 1 unspecified atom stereocenters. The van der Waals surface area contributed by atoms with Crippen LogP contribution in [0.4, 0.5) is 10.1 Å². The maximum absolute atomic E-state index is 13.6. The van der Waals surface area contributed by atoms with Crippen molar-refractivity contribution in [2.75, 3.05) is 30.0 Å². The van der Waals surface area contributed by atoms with Gasteiger partial charge in [0.2, 0.25) is 0 Å². The number of halogens is 1. The summed E-state index contributed by atoms with van der Waals surface area (Å²) in [6.45, 7) is 0.294. The Bertz CT molecular complexity index is 933. The fraction of sp³-hybridized carbons (Fsp3) is 0.368. The minimum absolute atomic E-state index is 0.102. The molecule has 1 aromatic heterocycles. The number of carbonyl (C=O) groups excluding carboxylic acids is 1. The second-order valence-electron chi connectivity index (χ2n) is 6.66. The summed E-state index contributed by atoms with van der Waals surface area (Å²) in [6.07, 6.45) is 2.49. The molecule has 1 N–H and O–H groups in total. The van der Waals surface area contributed by atoms with Crippen LogP contribution in [-0.4, -0.2) is 50.4 Å². The highest BCUT2D eigenvalue weighted by Crippen LogP contribution is 2.23. The number of hydrogen-bond donors (Lipinski definition) is 1. The van der Waals surface area contributed by atoms with E-state index in [1.807, 2.05) is 11.9 Å². The first-order valence-electron chi connectivity index (χ1n) is 8.76. The molecule has 0 spiro atoms. The second-order valence-corrected chi connectivity index (χ2v) is 8.89. The number of carbonyl (C=O) groups is 1. The molecule has 1 amide bonds. The number of rotatable bonds is 6. The van der Waals surface area contributed by atoms with Crippen molar-refractivity contribution in [3.8, 4) is 0 Å². The molecule has 1 aliphatic heterocycles. The molecule has 6 nitrogen and oxygen atoms in total. The van der Waals surface area contributed by atoms with Crippen LogP contribution < -0.4 is 10.2 Å². The van der Waals surface area contributed by atoms with Gasteiger partial charge in [-0.05, 0) is 36.6 Å². The first-order valence-corrected chi connectivity index (χ1v) is 10.6. The number of pyridine rings is 1. The molecule has 27 heavy (non-hydrogen) atoms. The van der Waals surface area contributed by atoms with Gasteiger partial charge in [-0.1, -0.05) is 18.2 Å². The first kappa shape index (κ1) is 19.3. The van der Waals surface area contributed by atoms with Gasteiger partial charge in [-0.3, -0.25) is 9.78 Å². The summed E-state index contributed by atoms with van der Waals surface area (Å²) in [4.78, 5) is 18.3. The SMILES string of the molecule is CN(c1ccnc(C(=O)NCCc2ccccc2F)c1)C1CCS(=O)(=O)C1. The van der Waals surface area contributed by atoms with Gasteiger partial charge >= 0.3 is 0 Å². The van der Waals surface area contributed by atoms with Crippen molar-refractivity contribution in [2.24, 2.45) is 0 Å². The maximum Gasteiger partial charge on any atom is 0.269 e. The van der Waals surface area contributed by atoms with Crippen molar-refractivity contribution >= 4 is 21.4 Å². The van der Waals surface area contributed by atoms with Crippen molar-refractivity contribution in [1.29, 1.82) is 0 Å². The molecule has 3 rings (SSSR count). The predicted octanol–water partition coefficient (Wildman–Crippen LogP) is 1.82. The fourth-order valence-corrected chi connectivity index (χ4v) is 4.93. The molecule has 0 radical (unpaired) electrons. The van der Waals surface area contributed by atoms with Crippen molar-refractivity contribution in [1.82, 2.24) is 10.3 Å². The van der Waals surface area contributed by atoms with Crippen LogP contribution >= 0.6 is 0 Å². The van der Waals surface area contributed by atoms with Crippen LogP contribution in [0.5, 0.6) is 0 Å². The molecule has 1 aromatic carbocycles. The number of hydrogen-bond acceptors (Lipinski definition) is 5. The third-order valence-corrected chi connectivity index (χ3v) is 6.53. The zero-order chi connectivity index (χ0) is 19.4. The lowest BCUT2D eigenvalue weighted by molar-refractivity contribution is 0.0949. The monoisotopic (exact) mass is 391 g/mol. The lowest BCUT2D eigenvalue weighted by Gasteiger charge is -2.25. The summed E-state index contributed by atoms with van der Waals surface area (Å²) in [7, 11) is -1.16. The molecule has 0 saturated carbocycles. The smallest absolute Gasteiger partial charge is 0.269 e. The van der Waals surface area contributed by atoms with E-state index in [-0.39, 0.29) is 35.0 Å². The van der Waals surface area contributed by atoms with Gasteiger partial charge in [-0.25, -0.2) is 12.8 Å². The topological polar surface area (TPSA) is 79.4 Å². The molecule has 0 bridgehead atoms. The number of nitrogens with one attached hydrogen (secondary N) is 1. The zero-order valence-electron chi connectivity index (χ0n) is 15.1. The molecular formula is C19H22FN3O3S. The van der Waals surface area contributed by atoms with Crippen LogP contribution in [0.15, 0.2) is 42.6 Å². The van der Waals surface area contributed by atoms with E-state index in [0.717, 1.165) is 5.69 Å². The maximum atomic E-state index is 13.6. The molecule has 0 aliphatic carbocycles. The van der Waals surface area contributed by atoms with E-state index < -0.39 is 9.84 Å². The highest BCUT2D eigenvalue weighted by atomic mass is 32.2. The highest BCUT2D eigenvalue weighted by Gasteiger charge is 2.31. The summed E-state index contributed by atoms with van der Waals surface area (Å²) in [5.41, 5.74) is 1.53. The third kappa shape index (κ3) is 4.82. The number of benzene rings is 1. The number of anilines is 1. The van der Waals surface area contributed by atoms with Gasteiger partial charge in [-0.2, -0.15) is 0 Å². The van der Waals surface area contributed by atoms with Crippen molar-refractivity contribution in [3.63, 3.8) is 0 Å². The number of sulfone groups is 1. The largest absolute Gasteiger partial charge is 0.370 e. The van der Waals surface area contributed by atoms with Gasteiger partial charge in [-0.15, -0.1) is 0 Å². The molecule has 1 fully saturated rings. The van der Waals surface area contributed by atoms with Crippen molar-refractivity contribution < 1.29 is 17.6 Å². The van der Waals surface area contributed by atoms with E-state index in [2.05, 4.69) is 10.3 Å². The number of nitrogens with zero attached hydrogens (tertiary/aromatic N) is 2. The van der Waals surface area contributed by atoms with Gasteiger partial charge in [0, 0.05) is 31.5 Å². The Morgan fingerprint density at radius 1 is 1.33 bits per heavy atom. The minimum atomic E-state index is -2.98. The molecule has 8 heteroatoms. The van der Waals surface area contributed by atoms with Crippen LogP contribution in [0.1, 0.15) is 22.5 Å². The lowest BCUT2D eigenvalue weighted by Crippen LogP contribution is -2.33. The van der Waals surface area contributed by atoms with Gasteiger partial charge < -0.3 is 10.2 Å². The minimum Gasteiger partial charge on any atom is -0.370 e. The predicted molar refractivity (Wildman–Crippen MR) is 102 cm³/mol. The van der Waals surface area contributed by atoms with Gasteiger partial charge in [0.25, 0.3) is 5.91 Å². The summed E-state index contributed by atoms with van der Waals surface area (Å²) in [5, 5.41) is 2.74. The molecule has 1 atom stereocenters. The number of amides is 1. The Morgan fingerprint density at radius 3 is 2.81 bits per heavy atom. The van der Waals surface area contributed by atoms with E-state index in [9.17, 15) is 17.6 Å². The third-order valence-electron chi connectivity index (χ3n) is 4.78. The molecule has 2 aromatic rings. The Hall–Kier alpha value is -2.48. The second kappa shape index (κ2) is 8.04. The number of aromatic nitrogens is 1. The summed E-state index contributed by atoms with van der Waals surface area (Å²) < 4.78 is 37.0. The van der Waals surface area contributed by atoms with Crippen LogP contribution in [0.25, 0.3) is 0 Å². The van der Waals surface area contributed by atoms with Crippen molar-refractivity contribution in [2.45, 2.75) is 18.9 Å². The van der Waals surface area contributed by atoms with E-state index in [0.29, 0.717) is 24.9 Å². The molecular weight excluding hydrogens is 369 g/mol. The summed E-state index contributed by atoms with van der Waals surface area (Å²) in [5.74, 6) is -0.326. The van der Waals surface area contributed by atoms with Crippen molar-refractivity contribution in [3.05, 3.63) is 59.7 Å². The average molecular weight is 391 g/mol. The van der Waals surface area contributed by atoms with Crippen LogP contribution in [-0.2, 0) is 16.3 Å². The first-order chi connectivity index (χ1) is 12.9. The van der Waals surface area contributed by atoms with Crippen LogP contribution in [0, 0.1) is 5.82 Å². The van der Waals surface area contributed by atoms with Gasteiger partial charge in [0.1, 0.15) is 11.5 Å². The zero-order valence-corrected chi connectivity index (χ0v) is 15.9. The van der Waals surface area contributed by atoms with E-state index in [1.54, 1.807) is 30.3 Å². The Balaban J connectivity index is 1.61. The average Bonchev–Trinajstić information content (AvgIpc) is 3.02. The van der Waals surface area contributed by atoms with Crippen LogP contribution in [0.2, 0.25) is 0 Å². The molecule has 1 aliphatic rings. The van der Waals surface area contributed by atoms with E-state index in [4.69, 9.17) is 0 Å². The molecule has 144 valence electrons. The van der Waals surface area contributed by atoms with Gasteiger partial charge in [0.05, 0.1) is 11.5 Å². The summed E-state index contributed by atoms with van der Waals surface area (Å²) >= 11 is 0. The lowest BCUT2D eigenvalue weighted by atomic mass is 10.1. The fourth-order valence-electron chi connectivity index (χ4n) is 3.16. The summed E-state index contributed by atoms with van der Waals surface area (Å²) in [6, 6.07) is 9.74. The van der Waals surface area contributed by atoms with E-state index in [1.165, 1.54) is 12.3 Å². The standard InChI is InChI=1S/C19H22FN3O3S/c1-23(16-8-11-27(25,26)13-16)15-7-10-21-18(12-15)19(24)22-9-6-14-4-2-3-5-17(14)20/h2-5,7,10,12,16H,6,8-9,11,13H2,1H3,(H,22,24). The molecule has 2 heterocycles. The quantitative estimate of drug-likeness (QED) is 0.813. The Kier molecular flexibility index (Phi) is 5.74. The Labute approximate surface area is 158 Å². The Morgan fingerprint density at radius 2 is 2.11 bits per heavy atom.